The summed E-state index contributed by atoms with van der Waals surface area (Å²) in [6.07, 6.45) is 0.837. The van der Waals surface area contributed by atoms with Gasteiger partial charge in [-0.3, -0.25) is 4.79 Å². The average molecular weight is 195 g/mol. The minimum Gasteiger partial charge on any atom is -0.396 e. The molecule has 1 aromatic carbocycles. The average Bonchev–Trinajstić information content (AvgIpc) is 2.14. The van der Waals surface area contributed by atoms with E-state index < -0.39 is 5.82 Å². The summed E-state index contributed by atoms with van der Waals surface area (Å²) in [5.41, 5.74) is 7.12. The van der Waals surface area contributed by atoms with Gasteiger partial charge in [0.25, 0.3) is 0 Å². The number of hydrogen-bond donors (Lipinski definition) is 1. The Bertz CT molecular complexity index is 361. The fraction of sp³-hybridized carbons (Fsp3) is 0.364. The Kier molecular flexibility index (Phi) is 3.23. The Morgan fingerprint density at radius 1 is 1.50 bits per heavy atom. The normalized spacial score (nSPS) is 10.2. The van der Waals surface area contributed by atoms with Crippen molar-refractivity contribution < 1.29 is 9.18 Å². The SMILES string of the molecule is CCC(=O)Cc1cc(N)c(F)cc1C. The summed E-state index contributed by atoms with van der Waals surface area (Å²) < 4.78 is 13.0. The van der Waals surface area contributed by atoms with E-state index in [1.165, 1.54) is 12.1 Å². The second-order valence-corrected chi connectivity index (χ2v) is 3.37. The Hall–Kier alpha value is -1.38. The molecule has 2 nitrogen and oxygen atoms in total. The van der Waals surface area contributed by atoms with E-state index in [0.29, 0.717) is 12.8 Å². The molecule has 1 aromatic rings. The molecule has 2 N–H and O–H groups in total. The molecule has 0 spiro atoms. The monoisotopic (exact) mass is 195 g/mol. The molecule has 0 heterocycles. The van der Waals surface area contributed by atoms with Gasteiger partial charge in [-0.15, -0.1) is 0 Å². The minimum absolute atomic E-state index is 0.106. The number of benzene rings is 1. The highest BCUT2D eigenvalue weighted by molar-refractivity contribution is 5.81. The molecule has 0 aromatic heterocycles. The van der Waals surface area contributed by atoms with E-state index in [4.69, 9.17) is 5.73 Å². The lowest BCUT2D eigenvalue weighted by Gasteiger charge is -2.06. The van der Waals surface area contributed by atoms with Gasteiger partial charge in [0.05, 0.1) is 5.69 Å². The van der Waals surface area contributed by atoms with Gasteiger partial charge in [-0.25, -0.2) is 4.39 Å². The fourth-order valence-electron chi connectivity index (χ4n) is 1.26. The zero-order chi connectivity index (χ0) is 10.7. The summed E-state index contributed by atoms with van der Waals surface area (Å²) in [6, 6.07) is 2.91. The molecule has 0 aliphatic carbocycles. The Morgan fingerprint density at radius 2 is 2.14 bits per heavy atom. The predicted octanol–water partition coefficient (Wildman–Crippen LogP) is 2.24. The standard InChI is InChI=1S/C11H14FNO/c1-3-9(14)5-8-6-11(13)10(12)4-7(8)2/h4,6H,3,5,13H2,1-2H3. The lowest BCUT2D eigenvalue weighted by Crippen LogP contribution is -2.04. The highest BCUT2D eigenvalue weighted by Gasteiger charge is 2.07. The molecule has 0 radical (unpaired) electrons. The van der Waals surface area contributed by atoms with Crippen molar-refractivity contribution in [3.05, 3.63) is 29.1 Å². The first kappa shape index (κ1) is 10.7. The van der Waals surface area contributed by atoms with Crippen LogP contribution >= 0.6 is 0 Å². The summed E-state index contributed by atoms with van der Waals surface area (Å²) >= 11 is 0. The van der Waals surface area contributed by atoms with E-state index in [0.717, 1.165) is 11.1 Å². The zero-order valence-electron chi connectivity index (χ0n) is 8.43. The topological polar surface area (TPSA) is 43.1 Å². The fourth-order valence-corrected chi connectivity index (χ4v) is 1.26. The highest BCUT2D eigenvalue weighted by Crippen LogP contribution is 2.18. The summed E-state index contributed by atoms with van der Waals surface area (Å²) in [4.78, 5) is 11.2. The second kappa shape index (κ2) is 4.22. The van der Waals surface area contributed by atoms with Crippen LogP contribution in [-0.2, 0) is 11.2 Å². The quantitative estimate of drug-likeness (QED) is 0.751. The number of Topliss-reactive ketones (excluding diaryl/α,β-unsaturated/α-hetero) is 1. The number of hydrogen-bond acceptors (Lipinski definition) is 2. The third-order valence-corrected chi connectivity index (χ3v) is 2.24. The van der Waals surface area contributed by atoms with Gasteiger partial charge in [0.15, 0.2) is 0 Å². The summed E-state index contributed by atoms with van der Waals surface area (Å²) in [5.74, 6) is -0.283. The van der Waals surface area contributed by atoms with Crippen molar-refractivity contribution in [1.82, 2.24) is 0 Å². The molecule has 1 rings (SSSR count). The van der Waals surface area contributed by atoms with Crippen LogP contribution in [0.5, 0.6) is 0 Å². The van der Waals surface area contributed by atoms with Gasteiger partial charge in [-0.1, -0.05) is 6.92 Å². The molecule has 0 atom stereocenters. The number of halogens is 1. The third kappa shape index (κ3) is 2.31. The molecule has 0 unspecified atom stereocenters. The molecule has 76 valence electrons. The van der Waals surface area contributed by atoms with Gasteiger partial charge in [-0.05, 0) is 30.2 Å². The van der Waals surface area contributed by atoms with Crippen LogP contribution in [0.1, 0.15) is 24.5 Å². The molecule has 0 saturated heterocycles. The molecule has 0 fully saturated rings. The Labute approximate surface area is 82.9 Å². The van der Waals surface area contributed by atoms with Gasteiger partial charge >= 0.3 is 0 Å². The maximum absolute atomic E-state index is 13.0. The lowest BCUT2D eigenvalue weighted by atomic mass is 10.0. The van der Waals surface area contributed by atoms with Gasteiger partial charge in [-0.2, -0.15) is 0 Å². The van der Waals surface area contributed by atoms with Crippen LogP contribution in [0.15, 0.2) is 12.1 Å². The lowest BCUT2D eigenvalue weighted by molar-refractivity contribution is -0.118. The van der Waals surface area contributed by atoms with Crippen LogP contribution in [0.4, 0.5) is 10.1 Å². The number of nitrogens with two attached hydrogens (primary N) is 1. The van der Waals surface area contributed by atoms with Crippen LogP contribution in [0.25, 0.3) is 0 Å². The Balaban J connectivity index is 2.98. The maximum Gasteiger partial charge on any atom is 0.146 e. The van der Waals surface area contributed by atoms with Crippen LogP contribution in [0.2, 0.25) is 0 Å². The van der Waals surface area contributed by atoms with E-state index in [2.05, 4.69) is 0 Å². The van der Waals surface area contributed by atoms with Crippen LogP contribution in [0, 0.1) is 12.7 Å². The van der Waals surface area contributed by atoms with Crippen LogP contribution in [0.3, 0.4) is 0 Å². The molecule has 0 bridgehead atoms. The highest BCUT2D eigenvalue weighted by atomic mass is 19.1. The van der Waals surface area contributed by atoms with Crippen molar-refractivity contribution in [2.24, 2.45) is 0 Å². The van der Waals surface area contributed by atoms with E-state index in [9.17, 15) is 9.18 Å². The van der Waals surface area contributed by atoms with E-state index >= 15 is 0 Å². The van der Waals surface area contributed by atoms with Crippen LogP contribution < -0.4 is 5.73 Å². The summed E-state index contributed by atoms with van der Waals surface area (Å²) in [7, 11) is 0. The van der Waals surface area contributed by atoms with Gasteiger partial charge in [0, 0.05) is 12.8 Å². The van der Waals surface area contributed by atoms with Gasteiger partial charge < -0.3 is 5.73 Å². The predicted molar refractivity (Wildman–Crippen MR) is 54.6 cm³/mol. The molecular weight excluding hydrogens is 181 g/mol. The number of aryl methyl sites for hydroxylation is 1. The first-order chi connectivity index (χ1) is 6.54. The number of ketones is 1. The van der Waals surface area contributed by atoms with Gasteiger partial charge in [0.2, 0.25) is 0 Å². The first-order valence-electron chi connectivity index (χ1n) is 4.60. The molecule has 0 saturated carbocycles. The number of nitrogen functional groups attached to an aromatic ring is 1. The van der Waals surface area contributed by atoms with Crippen molar-refractivity contribution >= 4 is 11.5 Å². The van der Waals surface area contributed by atoms with E-state index in [1.54, 1.807) is 6.92 Å². The summed E-state index contributed by atoms with van der Waals surface area (Å²) in [6.45, 7) is 3.59. The van der Waals surface area contributed by atoms with Crippen molar-refractivity contribution in [2.45, 2.75) is 26.7 Å². The van der Waals surface area contributed by atoms with E-state index in [1.807, 2.05) is 6.92 Å². The van der Waals surface area contributed by atoms with Crippen molar-refractivity contribution in [3.8, 4) is 0 Å². The number of carbonyl (C=O) groups is 1. The van der Waals surface area contributed by atoms with Gasteiger partial charge in [0.1, 0.15) is 11.6 Å². The molecular formula is C11H14FNO. The molecule has 0 amide bonds. The molecule has 0 aliphatic heterocycles. The van der Waals surface area contributed by atoms with Crippen molar-refractivity contribution in [1.29, 1.82) is 0 Å². The number of carbonyl (C=O) groups excluding carboxylic acids is 1. The maximum atomic E-state index is 13.0. The molecule has 3 heteroatoms. The third-order valence-electron chi connectivity index (χ3n) is 2.24. The van der Waals surface area contributed by atoms with Crippen molar-refractivity contribution in [2.75, 3.05) is 5.73 Å². The van der Waals surface area contributed by atoms with E-state index in [-0.39, 0.29) is 11.5 Å². The first-order valence-corrected chi connectivity index (χ1v) is 4.60. The smallest absolute Gasteiger partial charge is 0.146 e. The second-order valence-electron chi connectivity index (χ2n) is 3.37. The largest absolute Gasteiger partial charge is 0.396 e. The number of anilines is 1. The Morgan fingerprint density at radius 3 is 2.71 bits per heavy atom. The molecule has 14 heavy (non-hydrogen) atoms. The van der Waals surface area contributed by atoms with Crippen LogP contribution in [-0.4, -0.2) is 5.78 Å². The molecule has 0 aliphatic rings. The van der Waals surface area contributed by atoms with Crippen molar-refractivity contribution in [3.63, 3.8) is 0 Å². The summed E-state index contributed by atoms with van der Waals surface area (Å²) in [5, 5.41) is 0. The number of rotatable bonds is 3. The zero-order valence-corrected chi connectivity index (χ0v) is 8.43. The minimum atomic E-state index is -0.421.